The number of anilines is 1. The first kappa shape index (κ1) is 23.0. The van der Waals surface area contributed by atoms with Crippen LogP contribution in [0.3, 0.4) is 0 Å². The number of rotatable bonds is 5. The van der Waals surface area contributed by atoms with E-state index in [0.29, 0.717) is 29.5 Å². The van der Waals surface area contributed by atoms with Gasteiger partial charge in [-0.15, -0.1) is 0 Å². The largest absolute Gasteiger partial charge is 0.600 e. The lowest BCUT2D eigenvalue weighted by Crippen LogP contribution is -2.56. The molecule has 1 saturated carbocycles. The van der Waals surface area contributed by atoms with Crippen molar-refractivity contribution in [2.45, 2.75) is 38.6 Å². The van der Waals surface area contributed by atoms with Crippen LogP contribution < -0.4 is 16.0 Å². The molecule has 0 amide bonds. The Balaban J connectivity index is 1.66. The molecular formula is C27H29N5O3. The van der Waals surface area contributed by atoms with Gasteiger partial charge >= 0.3 is 0 Å². The number of fused-ring (bicyclic) bond motifs is 1. The number of nitrogens with zero attached hydrogens (tertiary/aromatic N) is 3. The van der Waals surface area contributed by atoms with Crippen molar-refractivity contribution in [3.8, 4) is 0 Å². The molecule has 1 unspecified atom stereocenters. The number of non-ortho nitro benzene ring substituents is 1. The van der Waals surface area contributed by atoms with E-state index in [1.807, 2.05) is 41.4 Å². The molecule has 0 spiro atoms. The second kappa shape index (κ2) is 9.50. The van der Waals surface area contributed by atoms with Gasteiger partial charge in [0.25, 0.3) is 5.69 Å². The van der Waals surface area contributed by atoms with E-state index in [4.69, 9.17) is 5.73 Å². The minimum Gasteiger partial charge on any atom is -0.600 e. The van der Waals surface area contributed by atoms with Gasteiger partial charge in [0, 0.05) is 47.8 Å². The molecule has 0 radical (unpaired) electrons. The molecular weight excluding hydrogens is 442 g/mol. The van der Waals surface area contributed by atoms with Crippen LogP contribution in [0.1, 0.15) is 43.2 Å². The summed E-state index contributed by atoms with van der Waals surface area (Å²) >= 11 is 0. The molecule has 35 heavy (non-hydrogen) atoms. The van der Waals surface area contributed by atoms with Crippen LogP contribution in [-0.2, 0) is 6.54 Å². The number of nitrogen functional groups attached to an aromatic ring is 1. The SMILES string of the molecule is Nc1ccc2c(c1)C(C1CCCCC1)=CN(Cc1ccccc1)N[N+]2([O-])c1ccc([N+](=O)[O-])cc1. The van der Waals surface area contributed by atoms with Gasteiger partial charge in [-0.05, 0) is 42.0 Å². The maximum atomic E-state index is 14.7. The molecule has 8 heteroatoms. The number of benzene rings is 3. The Morgan fingerprint density at radius 3 is 2.40 bits per heavy atom. The summed E-state index contributed by atoms with van der Waals surface area (Å²) in [5.74, 6) is 0.327. The summed E-state index contributed by atoms with van der Waals surface area (Å²) in [5.41, 5.74) is 13.8. The molecule has 1 aliphatic heterocycles. The van der Waals surface area contributed by atoms with Gasteiger partial charge in [0.15, 0.2) is 11.4 Å². The maximum Gasteiger partial charge on any atom is 0.269 e. The third-order valence-corrected chi connectivity index (χ3v) is 6.90. The van der Waals surface area contributed by atoms with E-state index in [1.54, 1.807) is 12.1 Å². The number of hydrogen-bond donors (Lipinski definition) is 2. The van der Waals surface area contributed by atoms with E-state index in [1.165, 1.54) is 30.7 Å². The third-order valence-electron chi connectivity index (χ3n) is 6.90. The number of nitrogens with two attached hydrogens (primary N) is 1. The lowest BCUT2D eigenvalue weighted by atomic mass is 9.80. The highest BCUT2D eigenvalue weighted by Crippen LogP contribution is 2.45. The van der Waals surface area contributed by atoms with Crippen LogP contribution in [-0.4, -0.2) is 9.93 Å². The Morgan fingerprint density at radius 1 is 1.00 bits per heavy atom. The molecule has 180 valence electrons. The average molecular weight is 472 g/mol. The molecule has 1 heterocycles. The molecule has 3 aromatic rings. The van der Waals surface area contributed by atoms with Gasteiger partial charge in [-0.1, -0.05) is 55.1 Å². The van der Waals surface area contributed by atoms with Crippen molar-refractivity contribution in [2.75, 3.05) is 5.73 Å². The quantitative estimate of drug-likeness (QED) is 0.151. The molecule has 3 aromatic carbocycles. The Labute approximate surface area is 204 Å². The van der Waals surface area contributed by atoms with E-state index in [-0.39, 0.29) is 5.69 Å². The van der Waals surface area contributed by atoms with Crippen LogP contribution in [0, 0.1) is 21.2 Å². The van der Waals surface area contributed by atoms with Crippen LogP contribution in [0.15, 0.2) is 79.0 Å². The summed E-state index contributed by atoms with van der Waals surface area (Å²) in [4.78, 5) is 10.7. The summed E-state index contributed by atoms with van der Waals surface area (Å²) in [6, 6.07) is 21.1. The molecule has 8 nitrogen and oxygen atoms in total. The van der Waals surface area contributed by atoms with Gasteiger partial charge in [0.05, 0.1) is 11.5 Å². The number of hydrogen-bond acceptors (Lipinski definition) is 6. The van der Waals surface area contributed by atoms with Crippen LogP contribution in [0.5, 0.6) is 0 Å². The monoisotopic (exact) mass is 471 g/mol. The van der Waals surface area contributed by atoms with Crippen molar-refractivity contribution in [3.63, 3.8) is 0 Å². The number of hydrazine groups is 1. The fourth-order valence-electron chi connectivity index (χ4n) is 5.14. The minimum absolute atomic E-state index is 0.0603. The second-order valence-electron chi connectivity index (χ2n) is 9.29. The van der Waals surface area contributed by atoms with Crippen molar-refractivity contribution in [1.82, 2.24) is 15.3 Å². The predicted molar refractivity (Wildman–Crippen MR) is 138 cm³/mol. The Hall–Kier alpha value is -3.72. The van der Waals surface area contributed by atoms with Gasteiger partial charge in [0.1, 0.15) is 0 Å². The molecule has 5 rings (SSSR count). The van der Waals surface area contributed by atoms with Gasteiger partial charge in [-0.3, -0.25) is 15.1 Å². The third kappa shape index (κ3) is 4.64. The number of nitro groups is 1. The van der Waals surface area contributed by atoms with Gasteiger partial charge in [0.2, 0.25) is 0 Å². The molecule has 3 N–H and O–H groups in total. The summed E-state index contributed by atoms with van der Waals surface area (Å²) in [5, 5.41) is 27.8. The first-order valence-electron chi connectivity index (χ1n) is 12.0. The van der Waals surface area contributed by atoms with E-state index in [0.717, 1.165) is 42.4 Å². The minimum atomic E-state index is -0.993. The molecule has 1 fully saturated rings. The number of quaternary nitrogens is 1. The zero-order valence-electron chi connectivity index (χ0n) is 19.5. The maximum absolute atomic E-state index is 14.7. The fraction of sp³-hybridized carbons (Fsp3) is 0.259. The first-order valence-corrected chi connectivity index (χ1v) is 12.0. The number of allylic oxidation sites excluding steroid dienone is 1. The van der Waals surface area contributed by atoms with Gasteiger partial charge in [-0.2, -0.15) is 4.76 Å². The average Bonchev–Trinajstić information content (AvgIpc) is 2.99. The van der Waals surface area contributed by atoms with Crippen molar-refractivity contribution >= 4 is 28.3 Å². The Morgan fingerprint density at radius 2 is 1.71 bits per heavy atom. The lowest BCUT2D eigenvalue weighted by molar-refractivity contribution is -0.384. The van der Waals surface area contributed by atoms with Crippen LogP contribution in [0.2, 0.25) is 0 Å². The van der Waals surface area contributed by atoms with Crippen molar-refractivity contribution < 1.29 is 4.92 Å². The van der Waals surface area contributed by atoms with Crippen LogP contribution >= 0.6 is 0 Å². The molecule has 1 atom stereocenters. The molecule has 2 aliphatic rings. The van der Waals surface area contributed by atoms with Crippen LogP contribution in [0.4, 0.5) is 22.7 Å². The van der Waals surface area contributed by atoms with Crippen LogP contribution in [0.25, 0.3) is 5.57 Å². The first-order chi connectivity index (χ1) is 16.9. The lowest BCUT2D eigenvalue weighted by Gasteiger charge is -2.42. The second-order valence-corrected chi connectivity index (χ2v) is 9.29. The summed E-state index contributed by atoms with van der Waals surface area (Å²) in [6.45, 7) is 0.482. The molecule has 0 bridgehead atoms. The Kier molecular flexibility index (Phi) is 6.25. The zero-order chi connectivity index (χ0) is 24.4. The smallest absolute Gasteiger partial charge is 0.269 e. The molecule has 0 saturated heterocycles. The van der Waals surface area contributed by atoms with Crippen molar-refractivity contribution in [1.29, 1.82) is 0 Å². The van der Waals surface area contributed by atoms with Gasteiger partial charge in [-0.25, -0.2) is 0 Å². The highest BCUT2D eigenvalue weighted by Gasteiger charge is 2.36. The topological polar surface area (TPSA) is 107 Å². The zero-order valence-corrected chi connectivity index (χ0v) is 19.5. The summed E-state index contributed by atoms with van der Waals surface area (Å²) in [7, 11) is 0. The number of nitrogens with one attached hydrogen (secondary N) is 1. The predicted octanol–water partition coefficient (Wildman–Crippen LogP) is 6.17. The fourth-order valence-corrected chi connectivity index (χ4v) is 5.14. The molecule has 0 aromatic heterocycles. The van der Waals surface area contributed by atoms with Crippen molar-refractivity contribution in [3.05, 3.63) is 105 Å². The summed E-state index contributed by atoms with van der Waals surface area (Å²) in [6.07, 6.45) is 7.73. The van der Waals surface area contributed by atoms with Gasteiger partial charge < -0.3 is 10.9 Å². The normalized spacial score (nSPS) is 20.6. The summed E-state index contributed by atoms with van der Waals surface area (Å²) < 4.78 is -0.993. The van der Waals surface area contributed by atoms with E-state index in [9.17, 15) is 15.3 Å². The van der Waals surface area contributed by atoms with E-state index >= 15 is 0 Å². The highest BCUT2D eigenvalue weighted by atomic mass is 16.6. The van der Waals surface area contributed by atoms with E-state index < -0.39 is 9.68 Å². The number of nitro benzene ring substituents is 1. The highest BCUT2D eigenvalue weighted by molar-refractivity contribution is 5.82. The standard InChI is InChI=1S/C27H29N5O3/c28-22-11-16-27-25(17-22)26(21-9-5-2-6-10-21)19-30(18-20-7-3-1-4-8-20)29-32(27,35)24-14-12-23(13-15-24)31(33)34/h1,3-4,7-8,11-17,19,21,29H,2,5-6,9-10,18,28H2. The Bertz CT molecular complexity index is 1240. The van der Waals surface area contributed by atoms with Crippen molar-refractivity contribution in [2.24, 2.45) is 5.92 Å². The molecule has 1 aliphatic carbocycles. The van der Waals surface area contributed by atoms with E-state index in [2.05, 4.69) is 11.7 Å².